The minimum absolute atomic E-state index is 0.0959. The molecule has 1 aromatic carbocycles. The Morgan fingerprint density at radius 1 is 1.25 bits per heavy atom. The fraction of sp³-hybridized carbons (Fsp3) is 0.389. The van der Waals surface area contributed by atoms with Gasteiger partial charge in [0.15, 0.2) is 0 Å². The third-order valence-electron chi connectivity index (χ3n) is 4.21. The Balaban J connectivity index is 1.66. The van der Waals surface area contributed by atoms with Gasteiger partial charge in [0.05, 0.1) is 12.1 Å². The number of amides is 3. The summed E-state index contributed by atoms with van der Waals surface area (Å²) in [6.45, 7) is 3.67. The lowest BCUT2D eigenvalue weighted by Crippen LogP contribution is -2.44. The summed E-state index contributed by atoms with van der Waals surface area (Å²) in [6, 6.07) is 9.69. The summed E-state index contributed by atoms with van der Waals surface area (Å²) in [6.07, 6.45) is 4.01. The van der Waals surface area contributed by atoms with Crippen molar-refractivity contribution in [2.24, 2.45) is 0 Å². The fourth-order valence-corrected chi connectivity index (χ4v) is 2.88. The van der Waals surface area contributed by atoms with Gasteiger partial charge >= 0.3 is 6.03 Å². The van der Waals surface area contributed by atoms with Crippen LogP contribution in [0.25, 0.3) is 10.9 Å². The molecule has 1 N–H and O–H groups in total. The van der Waals surface area contributed by atoms with Crippen molar-refractivity contribution in [2.45, 2.75) is 32.7 Å². The largest absolute Gasteiger partial charge is 0.339 e. The Hall–Kier alpha value is -2.63. The van der Waals surface area contributed by atoms with E-state index in [-0.39, 0.29) is 11.9 Å². The molecule has 1 aliphatic heterocycles. The molecular weight excluding hydrogens is 304 g/mol. The summed E-state index contributed by atoms with van der Waals surface area (Å²) in [7, 11) is 0. The topological polar surface area (TPSA) is 65.5 Å². The third-order valence-corrected chi connectivity index (χ3v) is 4.21. The monoisotopic (exact) mass is 326 g/mol. The minimum atomic E-state index is -0.152. The lowest BCUT2D eigenvalue weighted by atomic mass is 10.1. The highest BCUT2D eigenvalue weighted by atomic mass is 16.2. The van der Waals surface area contributed by atoms with Gasteiger partial charge in [0.2, 0.25) is 5.91 Å². The van der Waals surface area contributed by atoms with Gasteiger partial charge in [0.1, 0.15) is 0 Å². The van der Waals surface area contributed by atoms with E-state index < -0.39 is 0 Å². The molecule has 6 nitrogen and oxygen atoms in total. The number of hydrazine groups is 1. The van der Waals surface area contributed by atoms with Crippen LogP contribution >= 0.6 is 0 Å². The fourth-order valence-electron chi connectivity index (χ4n) is 2.88. The SMILES string of the molecule is CCCCC(=O)NN1CCN(Cc2ccnc3ccccc23)C1=O. The highest BCUT2D eigenvalue weighted by Gasteiger charge is 2.29. The van der Waals surface area contributed by atoms with Crippen LogP contribution in [0, 0.1) is 0 Å². The van der Waals surface area contributed by atoms with E-state index >= 15 is 0 Å². The highest BCUT2D eigenvalue weighted by Crippen LogP contribution is 2.19. The first-order valence-electron chi connectivity index (χ1n) is 8.37. The number of carbonyl (C=O) groups is 2. The number of urea groups is 1. The van der Waals surface area contributed by atoms with Crippen molar-refractivity contribution < 1.29 is 9.59 Å². The second-order valence-electron chi connectivity index (χ2n) is 5.98. The summed E-state index contributed by atoms with van der Waals surface area (Å²) < 4.78 is 0. The summed E-state index contributed by atoms with van der Waals surface area (Å²) in [5.41, 5.74) is 4.69. The molecule has 0 bridgehead atoms. The number of nitrogens with zero attached hydrogens (tertiary/aromatic N) is 3. The first kappa shape index (κ1) is 16.2. The first-order valence-corrected chi connectivity index (χ1v) is 8.37. The Bertz CT molecular complexity index is 741. The van der Waals surface area contributed by atoms with Gasteiger partial charge in [0.25, 0.3) is 0 Å². The number of rotatable bonds is 6. The van der Waals surface area contributed by atoms with Crippen LogP contribution in [0.2, 0.25) is 0 Å². The smallest absolute Gasteiger partial charge is 0.317 e. The Kier molecular flexibility index (Phi) is 4.93. The van der Waals surface area contributed by atoms with Crippen LogP contribution in [0.3, 0.4) is 0 Å². The summed E-state index contributed by atoms with van der Waals surface area (Å²) in [5, 5.41) is 2.47. The molecule has 1 aromatic heterocycles. The number of pyridine rings is 1. The zero-order valence-corrected chi connectivity index (χ0v) is 13.9. The number of para-hydroxylation sites is 1. The van der Waals surface area contributed by atoms with E-state index in [1.807, 2.05) is 37.3 Å². The summed E-state index contributed by atoms with van der Waals surface area (Å²) >= 11 is 0. The zero-order valence-electron chi connectivity index (χ0n) is 13.9. The predicted octanol–water partition coefficient (Wildman–Crippen LogP) is 2.69. The molecule has 24 heavy (non-hydrogen) atoms. The van der Waals surface area contributed by atoms with Gasteiger partial charge in [-0.2, -0.15) is 0 Å². The van der Waals surface area contributed by atoms with Crippen LogP contribution in [0.1, 0.15) is 31.7 Å². The third kappa shape index (κ3) is 3.48. The van der Waals surface area contributed by atoms with Crippen LogP contribution in [-0.4, -0.2) is 39.9 Å². The van der Waals surface area contributed by atoms with Gasteiger partial charge in [-0.1, -0.05) is 31.5 Å². The molecule has 0 spiro atoms. The quantitative estimate of drug-likeness (QED) is 0.887. The number of fused-ring (bicyclic) bond motifs is 1. The van der Waals surface area contributed by atoms with Crippen molar-refractivity contribution in [2.75, 3.05) is 13.1 Å². The molecule has 3 rings (SSSR count). The van der Waals surface area contributed by atoms with E-state index in [2.05, 4.69) is 10.4 Å². The molecule has 3 amide bonds. The summed E-state index contributed by atoms with van der Waals surface area (Å²) in [4.78, 5) is 30.4. The van der Waals surface area contributed by atoms with Gasteiger partial charge in [-0.05, 0) is 24.1 Å². The number of carbonyl (C=O) groups excluding carboxylic acids is 2. The van der Waals surface area contributed by atoms with Crippen molar-refractivity contribution >= 4 is 22.8 Å². The van der Waals surface area contributed by atoms with Crippen molar-refractivity contribution in [1.82, 2.24) is 20.3 Å². The van der Waals surface area contributed by atoms with Gasteiger partial charge in [-0.25, -0.2) is 9.80 Å². The van der Waals surface area contributed by atoms with Gasteiger partial charge in [0, 0.05) is 31.1 Å². The molecule has 0 atom stereocenters. The van der Waals surface area contributed by atoms with E-state index in [0.717, 1.165) is 29.3 Å². The summed E-state index contributed by atoms with van der Waals surface area (Å²) in [5.74, 6) is -0.0959. The van der Waals surface area contributed by atoms with Crippen LogP contribution in [0.4, 0.5) is 4.79 Å². The lowest BCUT2D eigenvalue weighted by Gasteiger charge is -2.19. The molecule has 6 heteroatoms. The molecule has 2 heterocycles. The zero-order chi connectivity index (χ0) is 16.9. The van der Waals surface area contributed by atoms with Crippen molar-refractivity contribution in [1.29, 1.82) is 0 Å². The maximum atomic E-state index is 12.5. The molecule has 2 aromatic rings. The number of hydrogen-bond acceptors (Lipinski definition) is 3. The average molecular weight is 326 g/mol. The number of unbranched alkanes of at least 4 members (excludes halogenated alkanes) is 1. The number of nitrogens with one attached hydrogen (secondary N) is 1. The predicted molar refractivity (Wildman–Crippen MR) is 91.9 cm³/mol. The van der Waals surface area contributed by atoms with Gasteiger partial charge in [-0.15, -0.1) is 0 Å². The highest BCUT2D eigenvalue weighted by molar-refractivity contribution is 5.84. The minimum Gasteiger partial charge on any atom is -0.317 e. The Morgan fingerprint density at radius 3 is 2.92 bits per heavy atom. The van der Waals surface area contributed by atoms with Crippen LogP contribution in [-0.2, 0) is 11.3 Å². The van der Waals surface area contributed by atoms with Crippen molar-refractivity contribution in [3.63, 3.8) is 0 Å². The van der Waals surface area contributed by atoms with E-state index in [0.29, 0.717) is 26.1 Å². The number of benzene rings is 1. The van der Waals surface area contributed by atoms with Crippen LogP contribution < -0.4 is 5.43 Å². The maximum Gasteiger partial charge on any atom is 0.339 e. The molecule has 1 aliphatic rings. The molecule has 1 fully saturated rings. The van der Waals surface area contributed by atoms with Gasteiger partial charge in [-0.3, -0.25) is 15.2 Å². The molecule has 126 valence electrons. The molecule has 1 saturated heterocycles. The lowest BCUT2D eigenvalue weighted by molar-refractivity contribution is -0.124. The standard InChI is InChI=1S/C18H22N4O2/c1-2-3-8-17(23)20-22-12-11-21(18(22)24)13-14-9-10-19-16-7-5-4-6-15(14)16/h4-7,9-10H,2-3,8,11-13H2,1H3,(H,20,23). The molecule has 0 saturated carbocycles. The number of aromatic nitrogens is 1. The Labute approximate surface area is 141 Å². The number of hydrogen-bond donors (Lipinski definition) is 1. The van der Waals surface area contributed by atoms with E-state index in [9.17, 15) is 9.59 Å². The first-order chi connectivity index (χ1) is 11.7. The van der Waals surface area contributed by atoms with Crippen LogP contribution in [0.5, 0.6) is 0 Å². The average Bonchev–Trinajstić information content (AvgIpc) is 2.93. The second-order valence-corrected chi connectivity index (χ2v) is 5.98. The second kappa shape index (κ2) is 7.29. The van der Waals surface area contributed by atoms with Crippen LogP contribution in [0.15, 0.2) is 36.5 Å². The molecule has 0 unspecified atom stereocenters. The molecule has 0 aliphatic carbocycles. The normalized spacial score (nSPS) is 14.5. The Morgan fingerprint density at radius 2 is 2.08 bits per heavy atom. The maximum absolute atomic E-state index is 12.5. The molecule has 0 radical (unpaired) electrons. The van der Waals surface area contributed by atoms with E-state index in [1.165, 1.54) is 5.01 Å². The van der Waals surface area contributed by atoms with E-state index in [1.54, 1.807) is 11.1 Å². The van der Waals surface area contributed by atoms with Crippen molar-refractivity contribution in [3.05, 3.63) is 42.1 Å². The van der Waals surface area contributed by atoms with Gasteiger partial charge < -0.3 is 4.90 Å². The molecular formula is C18H22N4O2. The van der Waals surface area contributed by atoms with E-state index in [4.69, 9.17) is 0 Å². The van der Waals surface area contributed by atoms with Crippen molar-refractivity contribution in [3.8, 4) is 0 Å².